The second-order valence-corrected chi connectivity index (χ2v) is 4.79. The summed E-state index contributed by atoms with van der Waals surface area (Å²) >= 11 is 0. The van der Waals surface area contributed by atoms with Gasteiger partial charge in [-0.15, -0.1) is 0 Å². The molecule has 20 heavy (non-hydrogen) atoms. The Bertz CT molecular complexity index is 458. The second-order valence-electron chi connectivity index (χ2n) is 4.79. The number of nitrogens with one attached hydrogen (secondary N) is 2. The van der Waals surface area contributed by atoms with E-state index in [2.05, 4.69) is 20.7 Å². The number of hydrogen-bond donors (Lipinski definition) is 3. The zero-order chi connectivity index (χ0) is 15.1. The lowest BCUT2D eigenvalue weighted by Gasteiger charge is -2.18. The molecule has 1 aromatic rings. The first-order chi connectivity index (χ1) is 9.45. The van der Waals surface area contributed by atoms with Crippen molar-refractivity contribution < 1.29 is 14.7 Å². The molecule has 1 rings (SSSR count). The zero-order valence-corrected chi connectivity index (χ0v) is 12.0. The highest BCUT2D eigenvalue weighted by molar-refractivity contribution is 5.82. The van der Waals surface area contributed by atoms with Gasteiger partial charge in [0.05, 0.1) is 6.54 Å². The van der Waals surface area contributed by atoms with Crippen LogP contribution in [0.25, 0.3) is 0 Å². The SMILES string of the molecule is CCCn1ncnc1CNC(=O)NC(C(=O)O)C(C)C. The topological polar surface area (TPSA) is 109 Å². The van der Waals surface area contributed by atoms with Crippen LogP contribution in [0.3, 0.4) is 0 Å². The summed E-state index contributed by atoms with van der Waals surface area (Å²) in [5.74, 6) is -0.607. The number of carbonyl (C=O) groups is 2. The maximum Gasteiger partial charge on any atom is 0.326 e. The van der Waals surface area contributed by atoms with Gasteiger partial charge in [-0.05, 0) is 12.3 Å². The van der Waals surface area contributed by atoms with Gasteiger partial charge in [0.1, 0.15) is 18.2 Å². The Morgan fingerprint density at radius 1 is 1.45 bits per heavy atom. The Kier molecular flexibility index (Phi) is 5.95. The maximum atomic E-state index is 11.7. The van der Waals surface area contributed by atoms with Crippen molar-refractivity contribution in [3.63, 3.8) is 0 Å². The number of rotatable bonds is 7. The second kappa shape index (κ2) is 7.46. The van der Waals surface area contributed by atoms with Crippen molar-refractivity contribution in [2.45, 2.75) is 46.3 Å². The summed E-state index contributed by atoms with van der Waals surface area (Å²) in [6.45, 7) is 6.41. The van der Waals surface area contributed by atoms with Crippen molar-refractivity contribution >= 4 is 12.0 Å². The number of carbonyl (C=O) groups excluding carboxylic acids is 1. The maximum absolute atomic E-state index is 11.7. The fourth-order valence-electron chi connectivity index (χ4n) is 1.69. The summed E-state index contributed by atoms with van der Waals surface area (Å²) in [6.07, 6.45) is 2.34. The van der Waals surface area contributed by atoms with E-state index in [0.29, 0.717) is 5.82 Å². The zero-order valence-electron chi connectivity index (χ0n) is 12.0. The summed E-state index contributed by atoms with van der Waals surface area (Å²) in [5.41, 5.74) is 0. The number of aliphatic carboxylic acids is 1. The molecule has 3 N–H and O–H groups in total. The average molecular weight is 283 g/mol. The number of amides is 2. The van der Waals surface area contributed by atoms with Gasteiger partial charge in [-0.3, -0.25) is 0 Å². The highest BCUT2D eigenvalue weighted by Gasteiger charge is 2.23. The molecule has 0 aliphatic heterocycles. The normalized spacial score (nSPS) is 12.2. The fraction of sp³-hybridized carbons (Fsp3) is 0.667. The summed E-state index contributed by atoms with van der Waals surface area (Å²) in [7, 11) is 0. The number of carboxylic acid groups (broad SMARTS) is 1. The first kappa shape index (κ1) is 15.9. The molecular weight excluding hydrogens is 262 g/mol. The van der Waals surface area contributed by atoms with Gasteiger partial charge < -0.3 is 15.7 Å². The van der Waals surface area contributed by atoms with Crippen LogP contribution in [0.5, 0.6) is 0 Å². The summed E-state index contributed by atoms with van der Waals surface area (Å²) in [5, 5.41) is 18.0. The van der Waals surface area contributed by atoms with Gasteiger partial charge in [0.2, 0.25) is 0 Å². The van der Waals surface area contributed by atoms with Crippen LogP contribution >= 0.6 is 0 Å². The number of aromatic nitrogens is 3. The van der Waals surface area contributed by atoms with Crippen LogP contribution < -0.4 is 10.6 Å². The van der Waals surface area contributed by atoms with Crippen molar-refractivity contribution in [1.29, 1.82) is 0 Å². The molecule has 1 heterocycles. The third-order valence-corrected chi connectivity index (χ3v) is 2.76. The summed E-state index contributed by atoms with van der Waals surface area (Å²) in [4.78, 5) is 26.7. The van der Waals surface area contributed by atoms with Crippen LogP contribution in [-0.4, -0.2) is 37.9 Å². The highest BCUT2D eigenvalue weighted by atomic mass is 16.4. The molecule has 0 aliphatic rings. The van der Waals surface area contributed by atoms with E-state index in [1.54, 1.807) is 18.5 Å². The van der Waals surface area contributed by atoms with E-state index in [9.17, 15) is 9.59 Å². The van der Waals surface area contributed by atoms with Crippen molar-refractivity contribution in [1.82, 2.24) is 25.4 Å². The van der Waals surface area contributed by atoms with Gasteiger partial charge in [-0.2, -0.15) is 5.10 Å². The minimum absolute atomic E-state index is 0.193. The summed E-state index contributed by atoms with van der Waals surface area (Å²) in [6, 6.07) is -1.44. The van der Waals surface area contributed by atoms with E-state index in [1.165, 1.54) is 6.33 Å². The monoisotopic (exact) mass is 283 g/mol. The Morgan fingerprint density at radius 3 is 2.70 bits per heavy atom. The molecule has 8 heteroatoms. The third-order valence-electron chi connectivity index (χ3n) is 2.76. The minimum Gasteiger partial charge on any atom is -0.480 e. The van der Waals surface area contributed by atoms with Crippen LogP contribution in [0.15, 0.2) is 6.33 Å². The molecule has 8 nitrogen and oxygen atoms in total. The van der Waals surface area contributed by atoms with Crippen LogP contribution in [0, 0.1) is 5.92 Å². The molecular formula is C12H21N5O3. The van der Waals surface area contributed by atoms with Gasteiger partial charge >= 0.3 is 12.0 Å². The molecule has 0 fully saturated rings. The van der Waals surface area contributed by atoms with Crippen LogP contribution in [0.4, 0.5) is 4.79 Å². The lowest BCUT2D eigenvalue weighted by molar-refractivity contribution is -0.140. The van der Waals surface area contributed by atoms with E-state index in [-0.39, 0.29) is 12.5 Å². The minimum atomic E-state index is -1.05. The quantitative estimate of drug-likeness (QED) is 0.678. The predicted molar refractivity (Wildman–Crippen MR) is 71.9 cm³/mol. The van der Waals surface area contributed by atoms with E-state index >= 15 is 0 Å². The van der Waals surface area contributed by atoms with Gasteiger partial charge in [0.25, 0.3) is 0 Å². The molecule has 0 saturated carbocycles. The van der Waals surface area contributed by atoms with Gasteiger partial charge in [-0.1, -0.05) is 20.8 Å². The lowest BCUT2D eigenvalue weighted by Crippen LogP contribution is -2.48. The average Bonchev–Trinajstić information content (AvgIpc) is 2.80. The fourth-order valence-corrected chi connectivity index (χ4v) is 1.69. The first-order valence-electron chi connectivity index (χ1n) is 6.59. The summed E-state index contributed by atoms with van der Waals surface area (Å²) < 4.78 is 1.71. The first-order valence-corrected chi connectivity index (χ1v) is 6.59. The molecule has 0 spiro atoms. The van der Waals surface area contributed by atoms with Crippen LogP contribution in [0.2, 0.25) is 0 Å². The molecule has 1 aromatic heterocycles. The Morgan fingerprint density at radius 2 is 2.15 bits per heavy atom. The van der Waals surface area contributed by atoms with Crippen molar-refractivity contribution in [3.8, 4) is 0 Å². The standard InChI is InChI=1S/C12H21N5O3/c1-4-5-17-9(14-7-15-17)6-13-12(20)16-10(8(2)3)11(18)19/h7-8,10H,4-6H2,1-3H3,(H,18,19)(H2,13,16,20). The predicted octanol–water partition coefficient (Wildman–Crippen LogP) is 0.596. The van der Waals surface area contributed by atoms with Crippen molar-refractivity contribution in [2.24, 2.45) is 5.92 Å². The van der Waals surface area contributed by atoms with Crippen molar-refractivity contribution in [2.75, 3.05) is 0 Å². The Hall–Kier alpha value is -2.12. The van der Waals surface area contributed by atoms with Crippen molar-refractivity contribution in [3.05, 3.63) is 12.2 Å². The number of urea groups is 1. The van der Waals surface area contributed by atoms with Crippen LogP contribution in [0.1, 0.15) is 33.0 Å². The molecule has 0 aliphatic carbocycles. The smallest absolute Gasteiger partial charge is 0.326 e. The van der Waals surface area contributed by atoms with Gasteiger partial charge in [0.15, 0.2) is 0 Å². The Balaban J connectivity index is 2.50. The van der Waals surface area contributed by atoms with E-state index in [1.807, 2.05) is 6.92 Å². The number of aryl methyl sites for hydroxylation is 1. The van der Waals surface area contributed by atoms with E-state index in [4.69, 9.17) is 5.11 Å². The molecule has 112 valence electrons. The number of carboxylic acids is 1. The highest BCUT2D eigenvalue weighted by Crippen LogP contribution is 2.01. The molecule has 0 bridgehead atoms. The molecule has 1 unspecified atom stereocenters. The molecule has 0 aromatic carbocycles. The van der Waals surface area contributed by atoms with E-state index in [0.717, 1.165) is 13.0 Å². The number of nitrogens with zero attached hydrogens (tertiary/aromatic N) is 3. The largest absolute Gasteiger partial charge is 0.480 e. The van der Waals surface area contributed by atoms with E-state index < -0.39 is 18.0 Å². The lowest BCUT2D eigenvalue weighted by atomic mass is 10.1. The molecule has 0 saturated heterocycles. The van der Waals surface area contributed by atoms with Gasteiger partial charge in [0, 0.05) is 6.54 Å². The molecule has 2 amide bonds. The number of hydrogen-bond acceptors (Lipinski definition) is 4. The molecule has 0 radical (unpaired) electrons. The molecule has 1 atom stereocenters. The Labute approximate surface area is 117 Å². The third kappa shape index (κ3) is 4.52. The van der Waals surface area contributed by atoms with Gasteiger partial charge in [-0.25, -0.2) is 19.3 Å². The van der Waals surface area contributed by atoms with Crippen LogP contribution in [-0.2, 0) is 17.9 Å².